The second-order valence-corrected chi connectivity index (χ2v) is 6.53. The van der Waals surface area contributed by atoms with Crippen molar-refractivity contribution in [1.82, 2.24) is 14.6 Å². The van der Waals surface area contributed by atoms with Gasteiger partial charge in [-0.25, -0.2) is 18.6 Å². The van der Waals surface area contributed by atoms with Gasteiger partial charge in [0.25, 0.3) is 0 Å². The Labute approximate surface area is 169 Å². The molecule has 0 fully saturated rings. The number of methoxy groups -OCH3 is 1. The van der Waals surface area contributed by atoms with E-state index in [0.29, 0.717) is 22.5 Å². The van der Waals surface area contributed by atoms with Crippen molar-refractivity contribution in [3.8, 4) is 5.75 Å². The van der Waals surface area contributed by atoms with E-state index in [-0.39, 0.29) is 11.6 Å². The van der Waals surface area contributed by atoms with Crippen LogP contribution in [0.4, 0.5) is 26.2 Å². The predicted molar refractivity (Wildman–Crippen MR) is 107 cm³/mol. The highest BCUT2D eigenvalue weighted by atomic mass is 19.1. The molecule has 4 aromatic rings. The number of nitrogens with zero attached hydrogens (tertiary/aromatic N) is 3. The summed E-state index contributed by atoms with van der Waals surface area (Å²) in [5, 5.41) is 2.69. The van der Waals surface area contributed by atoms with Gasteiger partial charge in [-0.1, -0.05) is 12.1 Å². The maximum absolute atomic E-state index is 14.4. The molecule has 10 heteroatoms. The van der Waals surface area contributed by atoms with Crippen LogP contribution in [0.5, 0.6) is 5.75 Å². The van der Waals surface area contributed by atoms with Crippen LogP contribution in [0, 0.1) is 25.5 Å². The van der Waals surface area contributed by atoms with E-state index in [0.717, 1.165) is 11.6 Å². The van der Waals surface area contributed by atoms with Crippen molar-refractivity contribution < 1.29 is 17.9 Å². The highest BCUT2D eigenvalue weighted by Gasteiger charge is 2.16. The van der Waals surface area contributed by atoms with Crippen molar-refractivity contribution in [2.45, 2.75) is 13.8 Å². The fourth-order valence-corrected chi connectivity index (χ4v) is 2.94. The Morgan fingerprint density at radius 3 is 2.70 bits per heavy atom. The molecule has 2 aromatic heterocycles. The Morgan fingerprint density at radius 2 is 1.93 bits per heavy atom. The lowest BCUT2D eigenvalue weighted by atomic mass is 10.2. The van der Waals surface area contributed by atoms with E-state index >= 15 is 0 Å². The van der Waals surface area contributed by atoms with Gasteiger partial charge in [0.1, 0.15) is 5.52 Å². The lowest BCUT2D eigenvalue weighted by Crippen LogP contribution is -2.23. The van der Waals surface area contributed by atoms with E-state index in [1.54, 1.807) is 19.1 Å². The number of halogens is 2. The molecule has 0 saturated heterocycles. The zero-order chi connectivity index (χ0) is 21.4. The van der Waals surface area contributed by atoms with Gasteiger partial charge < -0.3 is 14.5 Å². The summed E-state index contributed by atoms with van der Waals surface area (Å²) in [5.74, 6) is -2.53. The van der Waals surface area contributed by atoms with Crippen molar-refractivity contribution in [1.29, 1.82) is 0 Å². The number of hydrogen-bond donors (Lipinski definition) is 2. The van der Waals surface area contributed by atoms with Gasteiger partial charge in [0, 0.05) is 11.8 Å². The zero-order valence-corrected chi connectivity index (χ0v) is 16.3. The summed E-state index contributed by atoms with van der Waals surface area (Å²) in [5.41, 5.74) is 5.28. The van der Waals surface area contributed by atoms with E-state index in [4.69, 9.17) is 9.15 Å². The van der Waals surface area contributed by atoms with Crippen molar-refractivity contribution in [2.24, 2.45) is 0 Å². The Balaban J connectivity index is 1.70. The normalized spacial score (nSPS) is 11.0. The summed E-state index contributed by atoms with van der Waals surface area (Å²) in [7, 11) is 1.17. The molecule has 0 aliphatic carbocycles. The largest absolute Gasteiger partial charge is 0.491 e. The van der Waals surface area contributed by atoms with Crippen LogP contribution < -0.4 is 21.2 Å². The summed E-state index contributed by atoms with van der Waals surface area (Å²) in [6.45, 7) is 3.57. The molecule has 0 spiro atoms. The van der Waals surface area contributed by atoms with Gasteiger partial charge in [-0.05, 0) is 37.6 Å². The van der Waals surface area contributed by atoms with Crippen LogP contribution in [-0.4, -0.2) is 21.8 Å². The number of aromatic nitrogens is 3. The van der Waals surface area contributed by atoms with Crippen molar-refractivity contribution >= 4 is 28.6 Å². The molecule has 0 bridgehead atoms. The first-order chi connectivity index (χ1) is 14.4. The molecule has 2 N–H and O–H groups in total. The number of benzene rings is 2. The van der Waals surface area contributed by atoms with Crippen molar-refractivity contribution in [3.63, 3.8) is 0 Å². The molecular formula is C20H17F2N5O3. The smallest absolute Gasteiger partial charge is 0.439 e. The second kappa shape index (κ2) is 7.47. The number of para-hydroxylation sites is 1. The molecule has 2 heterocycles. The molecule has 0 atom stereocenters. The van der Waals surface area contributed by atoms with E-state index in [9.17, 15) is 13.6 Å². The summed E-state index contributed by atoms with van der Waals surface area (Å²) < 4.78 is 39.3. The third kappa shape index (κ3) is 3.32. The quantitative estimate of drug-likeness (QED) is 0.512. The molecule has 2 aromatic carbocycles. The van der Waals surface area contributed by atoms with Crippen molar-refractivity contribution in [3.05, 3.63) is 69.8 Å². The summed E-state index contributed by atoms with van der Waals surface area (Å²) in [6, 6.07) is 7.64. The molecule has 4 rings (SSSR count). The minimum atomic E-state index is -0.913. The lowest BCUT2D eigenvalue weighted by molar-refractivity contribution is 0.361. The number of oxazole rings is 1. The number of ether oxygens (including phenoxy) is 1. The average Bonchev–Trinajstić information content (AvgIpc) is 3.04. The summed E-state index contributed by atoms with van der Waals surface area (Å²) in [6.07, 6.45) is 1.49. The molecule has 0 amide bonds. The number of hydrogen-bond acceptors (Lipinski definition) is 7. The topological polar surface area (TPSA) is 94.2 Å². The van der Waals surface area contributed by atoms with Gasteiger partial charge in [-0.3, -0.25) is 5.43 Å². The Hall–Kier alpha value is -3.95. The van der Waals surface area contributed by atoms with E-state index in [1.165, 1.54) is 24.0 Å². The third-order valence-electron chi connectivity index (χ3n) is 4.49. The number of fused-ring (bicyclic) bond motifs is 1. The van der Waals surface area contributed by atoms with Crippen LogP contribution in [0.15, 0.2) is 45.7 Å². The molecule has 154 valence electrons. The SMILES string of the molecule is COc1c(F)ccc(Nc2ncc(C)c(Nn3c(=O)oc4c(C)cccc43)n2)c1F. The first-order valence-corrected chi connectivity index (χ1v) is 8.90. The summed E-state index contributed by atoms with van der Waals surface area (Å²) >= 11 is 0. The number of rotatable bonds is 5. The molecule has 0 radical (unpaired) electrons. The highest BCUT2D eigenvalue weighted by molar-refractivity contribution is 5.77. The second-order valence-electron chi connectivity index (χ2n) is 6.53. The maximum atomic E-state index is 14.4. The van der Waals surface area contributed by atoms with Gasteiger partial charge >= 0.3 is 5.76 Å². The van der Waals surface area contributed by atoms with Gasteiger partial charge in [0.2, 0.25) is 5.95 Å². The first kappa shape index (κ1) is 19.4. The molecule has 0 aliphatic rings. The van der Waals surface area contributed by atoms with E-state index in [2.05, 4.69) is 20.7 Å². The van der Waals surface area contributed by atoms with Gasteiger partial charge in [0.05, 0.1) is 12.8 Å². The monoisotopic (exact) mass is 413 g/mol. The third-order valence-corrected chi connectivity index (χ3v) is 4.49. The van der Waals surface area contributed by atoms with Crippen LogP contribution in [-0.2, 0) is 0 Å². The molecule has 0 unspecified atom stereocenters. The Kier molecular flexibility index (Phi) is 4.82. The van der Waals surface area contributed by atoms with Gasteiger partial charge in [0.15, 0.2) is 28.8 Å². The highest BCUT2D eigenvalue weighted by Crippen LogP contribution is 2.29. The molecule has 8 nitrogen and oxygen atoms in total. The Bertz CT molecular complexity index is 1320. The van der Waals surface area contributed by atoms with Gasteiger partial charge in [-0.15, -0.1) is 0 Å². The van der Waals surface area contributed by atoms with Crippen LogP contribution >= 0.6 is 0 Å². The average molecular weight is 413 g/mol. The van der Waals surface area contributed by atoms with Crippen LogP contribution in [0.2, 0.25) is 0 Å². The predicted octanol–water partition coefficient (Wildman–Crippen LogP) is 3.91. The summed E-state index contributed by atoms with van der Waals surface area (Å²) in [4.78, 5) is 20.7. The number of nitrogens with one attached hydrogen (secondary N) is 2. The Morgan fingerprint density at radius 1 is 1.13 bits per heavy atom. The first-order valence-electron chi connectivity index (χ1n) is 8.90. The van der Waals surface area contributed by atoms with E-state index < -0.39 is 23.1 Å². The standard InChI is InChI=1S/C20H17F2N5O3/c1-10-5-4-6-14-16(10)30-20(28)27(14)26-18-11(2)9-23-19(25-18)24-13-8-7-12(21)17(29-3)15(13)22/h4-9H,1-3H3,(H2,23,24,25,26). The van der Waals surface area contributed by atoms with Crippen LogP contribution in [0.25, 0.3) is 11.1 Å². The molecule has 30 heavy (non-hydrogen) atoms. The molecule has 0 saturated carbocycles. The molecule has 0 aliphatic heterocycles. The minimum Gasteiger partial charge on any atom is -0.491 e. The number of anilines is 3. The number of aryl methyl sites for hydroxylation is 2. The van der Waals surface area contributed by atoms with E-state index in [1.807, 2.05) is 13.0 Å². The fraction of sp³-hybridized carbons (Fsp3) is 0.150. The fourth-order valence-electron chi connectivity index (χ4n) is 2.94. The van der Waals surface area contributed by atoms with Crippen LogP contribution in [0.1, 0.15) is 11.1 Å². The van der Waals surface area contributed by atoms with Crippen molar-refractivity contribution in [2.75, 3.05) is 17.9 Å². The zero-order valence-electron chi connectivity index (χ0n) is 16.3. The maximum Gasteiger partial charge on any atom is 0.439 e. The van der Waals surface area contributed by atoms with Gasteiger partial charge in [-0.2, -0.15) is 9.66 Å². The minimum absolute atomic E-state index is 0.0349. The lowest BCUT2D eigenvalue weighted by Gasteiger charge is -2.12. The molecular weight excluding hydrogens is 396 g/mol. The van der Waals surface area contributed by atoms with Crippen LogP contribution in [0.3, 0.4) is 0 Å².